The lowest BCUT2D eigenvalue weighted by atomic mass is 10.2. The lowest BCUT2D eigenvalue weighted by Crippen LogP contribution is -2.16. The molecular formula is C12H14N2O2. The van der Waals surface area contributed by atoms with Gasteiger partial charge in [0.1, 0.15) is 0 Å². The van der Waals surface area contributed by atoms with Gasteiger partial charge in [-0.15, -0.1) is 0 Å². The molecule has 1 fully saturated rings. The van der Waals surface area contributed by atoms with Crippen molar-refractivity contribution >= 4 is 17.5 Å². The maximum Gasteiger partial charge on any atom is 0.248 e. The second kappa shape index (κ2) is 3.96. The van der Waals surface area contributed by atoms with Crippen molar-refractivity contribution in [3.8, 4) is 0 Å². The van der Waals surface area contributed by atoms with Crippen molar-refractivity contribution in [1.82, 2.24) is 0 Å². The lowest BCUT2D eigenvalue weighted by molar-refractivity contribution is -0.117. The highest BCUT2D eigenvalue weighted by Crippen LogP contribution is 2.38. The van der Waals surface area contributed by atoms with E-state index < -0.39 is 5.91 Å². The monoisotopic (exact) mass is 218 g/mol. The predicted molar refractivity (Wildman–Crippen MR) is 60.9 cm³/mol. The molecule has 2 unspecified atom stereocenters. The third kappa shape index (κ3) is 2.21. The van der Waals surface area contributed by atoms with Gasteiger partial charge in [0.15, 0.2) is 0 Å². The van der Waals surface area contributed by atoms with Crippen LogP contribution in [0.1, 0.15) is 23.7 Å². The summed E-state index contributed by atoms with van der Waals surface area (Å²) in [5.74, 6) is 0.126. The van der Waals surface area contributed by atoms with Gasteiger partial charge < -0.3 is 11.1 Å². The fourth-order valence-corrected chi connectivity index (χ4v) is 1.67. The fraction of sp³-hybridized carbons (Fsp3) is 0.333. The van der Waals surface area contributed by atoms with Crippen molar-refractivity contribution in [3.05, 3.63) is 29.8 Å². The maximum atomic E-state index is 11.6. The number of anilines is 1. The van der Waals surface area contributed by atoms with E-state index in [4.69, 9.17) is 5.73 Å². The number of carbonyl (C=O) groups excluding carboxylic acids is 2. The fourth-order valence-electron chi connectivity index (χ4n) is 1.67. The Labute approximate surface area is 93.8 Å². The molecule has 0 aliphatic heterocycles. The number of primary amides is 1. The van der Waals surface area contributed by atoms with Gasteiger partial charge in [0.25, 0.3) is 0 Å². The third-order valence-electron chi connectivity index (χ3n) is 2.86. The number of hydrogen-bond donors (Lipinski definition) is 2. The minimum absolute atomic E-state index is 0.0223. The molecule has 1 aliphatic carbocycles. The molecule has 0 spiro atoms. The van der Waals surface area contributed by atoms with E-state index in [1.807, 2.05) is 6.92 Å². The molecule has 4 nitrogen and oxygen atoms in total. The molecule has 4 heteroatoms. The Bertz CT molecular complexity index is 442. The van der Waals surface area contributed by atoms with Crippen molar-refractivity contribution in [2.24, 2.45) is 17.6 Å². The van der Waals surface area contributed by atoms with Crippen LogP contribution in [0, 0.1) is 11.8 Å². The second-order valence-electron chi connectivity index (χ2n) is 4.25. The largest absolute Gasteiger partial charge is 0.366 e. The van der Waals surface area contributed by atoms with E-state index in [-0.39, 0.29) is 11.8 Å². The van der Waals surface area contributed by atoms with E-state index in [1.165, 1.54) is 0 Å². The first-order valence-electron chi connectivity index (χ1n) is 5.28. The molecule has 1 saturated carbocycles. The Hall–Kier alpha value is -1.84. The molecule has 1 aromatic carbocycles. The van der Waals surface area contributed by atoms with Crippen molar-refractivity contribution in [3.63, 3.8) is 0 Å². The van der Waals surface area contributed by atoms with Crippen molar-refractivity contribution in [1.29, 1.82) is 0 Å². The highest BCUT2D eigenvalue weighted by atomic mass is 16.2. The molecule has 0 aromatic heterocycles. The number of rotatable bonds is 3. The van der Waals surface area contributed by atoms with Crippen LogP contribution in [0.25, 0.3) is 0 Å². The van der Waals surface area contributed by atoms with Crippen LogP contribution in [0.4, 0.5) is 5.69 Å². The summed E-state index contributed by atoms with van der Waals surface area (Å²) in [6.07, 6.45) is 0.946. The van der Waals surface area contributed by atoms with E-state index in [2.05, 4.69) is 5.32 Å². The Balaban J connectivity index is 2.06. The van der Waals surface area contributed by atoms with Crippen LogP contribution in [0.3, 0.4) is 0 Å². The summed E-state index contributed by atoms with van der Waals surface area (Å²) in [6.45, 7) is 2.05. The van der Waals surface area contributed by atoms with Gasteiger partial charge in [-0.3, -0.25) is 9.59 Å². The maximum absolute atomic E-state index is 11.6. The van der Waals surface area contributed by atoms with Gasteiger partial charge in [0.2, 0.25) is 11.8 Å². The molecule has 84 valence electrons. The predicted octanol–water partition coefficient (Wildman–Crippen LogP) is 1.38. The van der Waals surface area contributed by atoms with Crippen LogP contribution in [-0.2, 0) is 4.79 Å². The van der Waals surface area contributed by atoms with E-state index in [0.29, 0.717) is 17.2 Å². The minimum Gasteiger partial charge on any atom is -0.366 e. The molecule has 3 N–H and O–H groups in total. The van der Waals surface area contributed by atoms with Gasteiger partial charge in [0, 0.05) is 17.2 Å². The van der Waals surface area contributed by atoms with Gasteiger partial charge in [-0.1, -0.05) is 13.0 Å². The summed E-state index contributed by atoms with van der Waals surface area (Å²) >= 11 is 0. The zero-order valence-electron chi connectivity index (χ0n) is 9.07. The number of amides is 2. The smallest absolute Gasteiger partial charge is 0.248 e. The van der Waals surface area contributed by atoms with E-state index in [1.54, 1.807) is 24.3 Å². The van der Waals surface area contributed by atoms with Gasteiger partial charge in [-0.2, -0.15) is 0 Å². The highest BCUT2D eigenvalue weighted by molar-refractivity contribution is 5.97. The molecule has 0 heterocycles. The number of nitrogens with one attached hydrogen (secondary N) is 1. The average Bonchev–Trinajstić information content (AvgIpc) is 2.96. The van der Waals surface area contributed by atoms with E-state index in [9.17, 15) is 9.59 Å². The van der Waals surface area contributed by atoms with Crippen LogP contribution in [0.5, 0.6) is 0 Å². The van der Waals surface area contributed by atoms with E-state index in [0.717, 1.165) is 6.42 Å². The average molecular weight is 218 g/mol. The number of hydrogen-bond acceptors (Lipinski definition) is 2. The molecule has 0 saturated heterocycles. The van der Waals surface area contributed by atoms with Crippen LogP contribution >= 0.6 is 0 Å². The van der Waals surface area contributed by atoms with Gasteiger partial charge in [-0.05, 0) is 30.5 Å². The summed E-state index contributed by atoms with van der Waals surface area (Å²) in [7, 11) is 0. The Morgan fingerprint density at radius 3 is 2.69 bits per heavy atom. The third-order valence-corrected chi connectivity index (χ3v) is 2.86. The highest BCUT2D eigenvalue weighted by Gasteiger charge is 2.39. The molecule has 2 amide bonds. The molecule has 16 heavy (non-hydrogen) atoms. The van der Waals surface area contributed by atoms with Gasteiger partial charge in [-0.25, -0.2) is 0 Å². The molecule has 2 atom stereocenters. The molecule has 0 radical (unpaired) electrons. The Morgan fingerprint density at radius 1 is 1.44 bits per heavy atom. The second-order valence-corrected chi connectivity index (χ2v) is 4.25. The van der Waals surface area contributed by atoms with Gasteiger partial charge >= 0.3 is 0 Å². The molecule has 1 aliphatic rings. The van der Waals surface area contributed by atoms with Gasteiger partial charge in [0.05, 0.1) is 0 Å². The van der Waals surface area contributed by atoms with Crippen molar-refractivity contribution in [2.75, 3.05) is 5.32 Å². The molecule has 2 rings (SSSR count). The van der Waals surface area contributed by atoms with Crippen LogP contribution < -0.4 is 11.1 Å². The minimum atomic E-state index is -0.490. The number of carbonyl (C=O) groups is 2. The molecular weight excluding hydrogens is 204 g/mol. The lowest BCUT2D eigenvalue weighted by Gasteiger charge is -2.05. The van der Waals surface area contributed by atoms with Crippen molar-refractivity contribution < 1.29 is 9.59 Å². The number of nitrogens with two attached hydrogens (primary N) is 1. The summed E-state index contributed by atoms with van der Waals surface area (Å²) < 4.78 is 0. The first kappa shape index (κ1) is 10.7. The van der Waals surface area contributed by atoms with Crippen LogP contribution in [-0.4, -0.2) is 11.8 Å². The topological polar surface area (TPSA) is 72.2 Å². The van der Waals surface area contributed by atoms with Crippen molar-refractivity contribution in [2.45, 2.75) is 13.3 Å². The van der Waals surface area contributed by atoms with Crippen LogP contribution in [0.15, 0.2) is 24.3 Å². The molecule has 1 aromatic rings. The normalized spacial score (nSPS) is 22.6. The quantitative estimate of drug-likeness (QED) is 0.804. The zero-order chi connectivity index (χ0) is 11.7. The number of benzene rings is 1. The Kier molecular flexibility index (Phi) is 2.64. The standard InChI is InChI=1S/C12H14N2O2/c1-7-5-10(7)12(16)14-9-4-2-3-8(6-9)11(13)15/h2-4,6-7,10H,5H2,1H3,(H2,13,15)(H,14,16). The van der Waals surface area contributed by atoms with E-state index >= 15 is 0 Å². The molecule has 0 bridgehead atoms. The Morgan fingerprint density at radius 2 is 2.12 bits per heavy atom. The summed E-state index contributed by atoms with van der Waals surface area (Å²) in [5.41, 5.74) is 6.19. The summed E-state index contributed by atoms with van der Waals surface area (Å²) in [4.78, 5) is 22.6. The SMILES string of the molecule is CC1CC1C(=O)Nc1cccc(C(N)=O)c1. The first-order chi connectivity index (χ1) is 7.58. The summed E-state index contributed by atoms with van der Waals surface area (Å²) in [5, 5.41) is 2.78. The first-order valence-corrected chi connectivity index (χ1v) is 5.28. The summed E-state index contributed by atoms with van der Waals surface area (Å²) in [6, 6.07) is 6.66. The zero-order valence-corrected chi connectivity index (χ0v) is 9.07. The van der Waals surface area contributed by atoms with Crippen LogP contribution in [0.2, 0.25) is 0 Å².